The van der Waals surface area contributed by atoms with Crippen molar-refractivity contribution in [1.29, 1.82) is 0 Å². The fourth-order valence-corrected chi connectivity index (χ4v) is 2.60. The first kappa shape index (κ1) is 17.6. The van der Waals surface area contributed by atoms with Gasteiger partial charge in [-0.25, -0.2) is 0 Å². The lowest BCUT2D eigenvalue weighted by Gasteiger charge is -2.13. The van der Waals surface area contributed by atoms with E-state index < -0.39 is 5.78 Å². The van der Waals surface area contributed by atoms with Crippen LogP contribution in [0, 0.1) is 0 Å². The third kappa shape index (κ3) is 3.77. The summed E-state index contributed by atoms with van der Waals surface area (Å²) in [5, 5.41) is 10.3. The molecule has 0 amide bonds. The Labute approximate surface area is 142 Å². The van der Waals surface area contributed by atoms with Crippen LogP contribution >= 0.6 is 0 Å². The first-order valence-electron chi connectivity index (χ1n) is 8.00. The molecule has 0 radical (unpaired) electrons. The van der Waals surface area contributed by atoms with Crippen molar-refractivity contribution >= 4 is 17.5 Å². The molecule has 0 unspecified atom stereocenters. The van der Waals surface area contributed by atoms with Crippen LogP contribution in [0.15, 0.2) is 42.2 Å². The molecule has 4 heteroatoms. The van der Waals surface area contributed by atoms with Gasteiger partial charge < -0.3 is 15.6 Å². The molecule has 0 aliphatic rings. The topological polar surface area (TPSA) is 72.5 Å². The number of Topliss-reactive ketones (excluding diaryl/α,β-unsaturated/α-hetero) is 1. The van der Waals surface area contributed by atoms with Crippen molar-refractivity contribution in [3.8, 4) is 5.75 Å². The van der Waals surface area contributed by atoms with Gasteiger partial charge in [0.2, 0.25) is 5.78 Å². The highest BCUT2D eigenvalue weighted by Gasteiger charge is 2.14. The van der Waals surface area contributed by atoms with E-state index in [9.17, 15) is 9.90 Å². The second kappa shape index (κ2) is 7.68. The van der Waals surface area contributed by atoms with Crippen molar-refractivity contribution in [2.75, 3.05) is 12.8 Å². The van der Waals surface area contributed by atoms with Crippen LogP contribution in [0.5, 0.6) is 5.75 Å². The van der Waals surface area contributed by atoms with Gasteiger partial charge in [0, 0.05) is 16.8 Å². The molecule has 126 valence electrons. The van der Waals surface area contributed by atoms with Crippen molar-refractivity contribution in [1.82, 2.24) is 0 Å². The average Bonchev–Trinajstić information content (AvgIpc) is 2.60. The van der Waals surface area contributed by atoms with E-state index in [0.717, 1.165) is 24.0 Å². The number of hydrogen-bond acceptors (Lipinski definition) is 4. The van der Waals surface area contributed by atoms with E-state index in [4.69, 9.17) is 10.5 Å². The summed E-state index contributed by atoms with van der Waals surface area (Å²) in [6.45, 7) is 4.11. The maximum Gasteiger partial charge on any atom is 0.227 e. The molecule has 0 bridgehead atoms. The Hall–Kier alpha value is -2.75. The standard InChI is InChI=1S/C20H23NO3/c1-4-13-10-14(5-2)20(24-3)16(11-13)12-18(22)19(23)15-6-8-17(21)9-7-15/h6-12,22H,4-5,21H2,1-3H3. The lowest BCUT2D eigenvalue weighted by atomic mass is 9.99. The fraction of sp³-hybridized carbons (Fsp3) is 0.250. The maximum absolute atomic E-state index is 12.4. The Bertz CT molecular complexity index is 761. The van der Waals surface area contributed by atoms with Crippen LogP contribution < -0.4 is 10.5 Å². The van der Waals surface area contributed by atoms with E-state index in [1.807, 2.05) is 13.0 Å². The molecule has 0 aliphatic carbocycles. The zero-order valence-corrected chi connectivity index (χ0v) is 14.3. The first-order valence-corrected chi connectivity index (χ1v) is 8.00. The average molecular weight is 325 g/mol. The van der Waals surface area contributed by atoms with E-state index in [0.29, 0.717) is 22.6 Å². The van der Waals surface area contributed by atoms with Gasteiger partial charge >= 0.3 is 0 Å². The summed E-state index contributed by atoms with van der Waals surface area (Å²) >= 11 is 0. The molecule has 24 heavy (non-hydrogen) atoms. The maximum atomic E-state index is 12.4. The fourth-order valence-electron chi connectivity index (χ4n) is 2.60. The summed E-state index contributed by atoms with van der Waals surface area (Å²) in [6, 6.07) is 10.5. The number of anilines is 1. The molecule has 0 aromatic heterocycles. The molecule has 4 nitrogen and oxygen atoms in total. The molecule has 0 fully saturated rings. The van der Waals surface area contributed by atoms with Gasteiger partial charge in [0.05, 0.1) is 7.11 Å². The summed E-state index contributed by atoms with van der Waals surface area (Å²) in [4.78, 5) is 12.4. The van der Waals surface area contributed by atoms with Crippen LogP contribution in [-0.2, 0) is 12.8 Å². The lowest BCUT2D eigenvalue weighted by Crippen LogP contribution is -2.04. The normalized spacial score (nSPS) is 11.4. The molecule has 0 saturated heterocycles. The number of ketones is 1. The number of aliphatic hydroxyl groups is 1. The van der Waals surface area contributed by atoms with Crippen LogP contribution in [0.25, 0.3) is 6.08 Å². The lowest BCUT2D eigenvalue weighted by molar-refractivity contribution is 0.0980. The van der Waals surface area contributed by atoms with Crippen molar-refractivity contribution in [3.63, 3.8) is 0 Å². The van der Waals surface area contributed by atoms with E-state index in [2.05, 4.69) is 13.0 Å². The molecule has 2 rings (SSSR count). The number of rotatable bonds is 6. The molecule has 3 N–H and O–H groups in total. The van der Waals surface area contributed by atoms with Crippen molar-refractivity contribution in [2.24, 2.45) is 0 Å². The van der Waals surface area contributed by atoms with E-state index in [1.165, 1.54) is 6.08 Å². The Balaban J connectivity index is 2.45. The van der Waals surface area contributed by atoms with E-state index in [-0.39, 0.29) is 5.76 Å². The van der Waals surface area contributed by atoms with Crippen LogP contribution in [0.3, 0.4) is 0 Å². The summed E-state index contributed by atoms with van der Waals surface area (Å²) in [5.41, 5.74) is 9.47. The third-order valence-corrected chi connectivity index (χ3v) is 3.95. The number of nitrogens with two attached hydrogens (primary N) is 1. The molecular formula is C20H23NO3. The Morgan fingerprint density at radius 3 is 2.38 bits per heavy atom. The van der Waals surface area contributed by atoms with Crippen LogP contribution in [-0.4, -0.2) is 18.0 Å². The number of allylic oxidation sites excluding steroid dienone is 1. The number of aliphatic hydroxyl groups excluding tert-OH is 1. The molecule has 0 spiro atoms. The number of nitrogen functional groups attached to an aromatic ring is 1. The van der Waals surface area contributed by atoms with Gasteiger partial charge in [-0.05, 0) is 60.4 Å². The molecule has 0 atom stereocenters. The minimum Gasteiger partial charge on any atom is -0.504 e. The van der Waals surface area contributed by atoms with Gasteiger partial charge in [-0.1, -0.05) is 19.9 Å². The zero-order chi connectivity index (χ0) is 17.7. The number of carbonyl (C=O) groups excluding carboxylic acids is 1. The predicted octanol–water partition coefficient (Wildman–Crippen LogP) is 4.18. The van der Waals surface area contributed by atoms with Gasteiger partial charge in [-0.15, -0.1) is 0 Å². The minimum absolute atomic E-state index is 0.326. The Morgan fingerprint density at radius 2 is 1.83 bits per heavy atom. The number of carbonyl (C=O) groups is 1. The summed E-state index contributed by atoms with van der Waals surface area (Å²) in [7, 11) is 1.59. The van der Waals surface area contributed by atoms with Crippen LogP contribution in [0.1, 0.15) is 40.9 Å². The van der Waals surface area contributed by atoms with Crippen LogP contribution in [0.2, 0.25) is 0 Å². The highest BCUT2D eigenvalue weighted by atomic mass is 16.5. The number of hydrogen-bond donors (Lipinski definition) is 2. The second-order valence-electron chi connectivity index (χ2n) is 5.57. The monoisotopic (exact) mass is 325 g/mol. The molecular weight excluding hydrogens is 302 g/mol. The minimum atomic E-state index is -0.447. The van der Waals surface area contributed by atoms with Crippen molar-refractivity contribution in [3.05, 3.63) is 64.4 Å². The van der Waals surface area contributed by atoms with Gasteiger partial charge in [0.25, 0.3) is 0 Å². The molecule has 2 aromatic carbocycles. The third-order valence-electron chi connectivity index (χ3n) is 3.95. The highest BCUT2D eigenvalue weighted by molar-refractivity contribution is 6.09. The molecule has 2 aromatic rings. The zero-order valence-electron chi connectivity index (χ0n) is 14.3. The number of benzene rings is 2. The summed E-state index contributed by atoms with van der Waals surface area (Å²) < 4.78 is 5.49. The van der Waals surface area contributed by atoms with Gasteiger partial charge in [-0.2, -0.15) is 0 Å². The Morgan fingerprint density at radius 1 is 1.17 bits per heavy atom. The first-order chi connectivity index (χ1) is 11.5. The van der Waals surface area contributed by atoms with Crippen LogP contribution in [0.4, 0.5) is 5.69 Å². The van der Waals surface area contributed by atoms with E-state index in [1.54, 1.807) is 31.4 Å². The SMILES string of the molecule is CCc1cc(C=C(O)C(=O)c2ccc(N)cc2)c(OC)c(CC)c1. The second-order valence-corrected chi connectivity index (χ2v) is 5.57. The largest absolute Gasteiger partial charge is 0.504 e. The number of methoxy groups -OCH3 is 1. The highest BCUT2D eigenvalue weighted by Crippen LogP contribution is 2.29. The quantitative estimate of drug-likeness (QED) is 0.362. The number of ether oxygens (including phenoxy) is 1. The van der Waals surface area contributed by atoms with E-state index >= 15 is 0 Å². The molecule has 0 saturated carbocycles. The van der Waals surface area contributed by atoms with Gasteiger partial charge in [0.1, 0.15) is 5.75 Å². The van der Waals surface area contributed by atoms with Crippen molar-refractivity contribution < 1.29 is 14.6 Å². The summed E-state index contributed by atoms with van der Waals surface area (Å²) in [5.74, 6) is -0.0864. The van der Waals surface area contributed by atoms with Gasteiger partial charge in [0.15, 0.2) is 5.76 Å². The van der Waals surface area contributed by atoms with Gasteiger partial charge in [-0.3, -0.25) is 4.79 Å². The smallest absolute Gasteiger partial charge is 0.227 e. The Kier molecular flexibility index (Phi) is 5.64. The summed E-state index contributed by atoms with van der Waals surface area (Å²) in [6.07, 6.45) is 3.14. The van der Waals surface area contributed by atoms with Crippen molar-refractivity contribution in [2.45, 2.75) is 26.7 Å². The molecule has 0 heterocycles. The predicted molar refractivity (Wildman–Crippen MR) is 97.5 cm³/mol. The number of aryl methyl sites for hydroxylation is 2. The molecule has 0 aliphatic heterocycles.